The summed E-state index contributed by atoms with van der Waals surface area (Å²) in [6.45, 7) is 0. The second kappa shape index (κ2) is 11.6. The van der Waals surface area contributed by atoms with E-state index in [-0.39, 0.29) is 0 Å². The van der Waals surface area contributed by atoms with Crippen molar-refractivity contribution >= 4 is 61.1 Å². The zero-order valence-electron chi connectivity index (χ0n) is 30.1. The lowest BCUT2D eigenvalue weighted by Gasteiger charge is -2.28. The average molecular weight is 711 g/mol. The maximum Gasteiger partial charge on any atom is 0.182 e. The van der Waals surface area contributed by atoms with Crippen molar-refractivity contribution in [3.63, 3.8) is 0 Å². The Morgan fingerprint density at radius 3 is 1.24 bits per heavy atom. The van der Waals surface area contributed by atoms with Gasteiger partial charge in [0.1, 0.15) is 0 Å². The normalized spacial score (nSPS) is 13.2. The van der Waals surface area contributed by atoms with Gasteiger partial charge in [0.15, 0.2) is 8.07 Å². The van der Waals surface area contributed by atoms with Crippen molar-refractivity contribution in [2.45, 2.75) is 0 Å². The molecule has 1 heteroatoms. The third-order valence-corrected chi connectivity index (χ3v) is 17.4. The van der Waals surface area contributed by atoms with E-state index in [9.17, 15) is 0 Å². The minimum Gasteiger partial charge on any atom is -0.0623 e. The van der Waals surface area contributed by atoms with Crippen LogP contribution >= 0.6 is 0 Å². The Hall–Kier alpha value is -6.80. The van der Waals surface area contributed by atoms with Crippen LogP contribution in [-0.2, 0) is 0 Å². The minimum atomic E-state index is -2.57. The number of rotatable bonds is 3. The molecule has 0 unspecified atom stereocenters. The van der Waals surface area contributed by atoms with Crippen LogP contribution in [0.15, 0.2) is 206 Å². The second-order valence-corrected chi connectivity index (χ2v) is 18.8. The Morgan fingerprint density at radius 2 is 0.655 bits per heavy atom. The lowest BCUT2D eigenvalue weighted by molar-refractivity contribution is 1.63. The lowest BCUT2D eigenvalue weighted by Crippen LogP contribution is -2.70. The van der Waals surface area contributed by atoms with Gasteiger partial charge >= 0.3 is 0 Å². The van der Waals surface area contributed by atoms with E-state index in [1.54, 1.807) is 0 Å². The molecule has 0 nitrogen and oxygen atoms in total. The third-order valence-electron chi connectivity index (χ3n) is 12.5. The number of benzene rings is 10. The molecule has 0 radical (unpaired) electrons. The maximum absolute atomic E-state index is 2.59. The van der Waals surface area contributed by atoms with Gasteiger partial charge < -0.3 is 0 Å². The molecule has 0 aromatic heterocycles. The first kappa shape index (κ1) is 30.6. The summed E-state index contributed by atoms with van der Waals surface area (Å²) in [6.07, 6.45) is 0. The number of hydrogen-bond acceptors (Lipinski definition) is 0. The molecular weight excluding hydrogens is 677 g/mol. The summed E-state index contributed by atoms with van der Waals surface area (Å²) in [5, 5.41) is 13.7. The molecule has 0 atom stereocenters. The van der Waals surface area contributed by atoms with E-state index in [2.05, 4.69) is 206 Å². The van der Waals surface area contributed by atoms with Crippen LogP contribution in [0.4, 0.5) is 0 Å². The monoisotopic (exact) mass is 710 g/mol. The molecule has 2 aliphatic heterocycles. The summed E-state index contributed by atoms with van der Waals surface area (Å²) in [7, 11) is -2.57. The first-order valence-electron chi connectivity index (χ1n) is 19.3. The predicted octanol–water partition coefficient (Wildman–Crippen LogP) is 11.5. The second-order valence-electron chi connectivity index (χ2n) is 15.1. The van der Waals surface area contributed by atoms with Crippen LogP contribution in [0.5, 0.6) is 0 Å². The van der Waals surface area contributed by atoms with Gasteiger partial charge in [0.2, 0.25) is 0 Å². The van der Waals surface area contributed by atoms with E-state index in [4.69, 9.17) is 0 Å². The van der Waals surface area contributed by atoms with Crippen molar-refractivity contribution < 1.29 is 0 Å². The Labute approximate surface area is 321 Å². The highest BCUT2D eigenvalue weighted by molar-refractivity contribution is 7.24. The van der Waals surface area contributed by atoms with Gasteiger partial charge in [-0.15, -0.1) is 0 Å². The molecule has 55 heavy (non-hydrogen) atoms. The minimum absolute atomic E-state index is 1.23. The fourth-order valence-corrected chi connectivity index (χ4v) is 15.9. The van der Waals surface area contributed by atoms with Crippen molar-refractivity contribution in [1.82, 2.24) is 0 Å². The Morgan fingerprint density at radius 1 is 0.236 bits per heavy atom. The Balaban J connectivity index is 1.11. The number of hydrogen-bond donors (Lipinski definition) is 0. The molecular formula is C54H34Si. The molecule has 10 aromatic rings. The Kier molecular flexibility index (Phi) is 6.46. The van der Waals surface area contributed by atoms with Crippen LogP contribution < -0.4 is 20.7 Å². The molecule has 2 heterocycles. The lowest BCUT2D eigenvalue weighted by atomic mass is 9.85. The smallest absolute Gasteiger partial charge is 0.0623 e. The van der Waals surface area contributed by atoms with E-state index in [0.717, 1.165) is 0 Å². The summed E-state index contributed by atoms with van der Waals surface area (Å²) in [5.41, 5.74) is 13.1. The van der Waals surface area contributed by atoms with Crippen LogP contribution in [0.3, 0.4) is 0 Å². The van der Waals surface area contributed by atoms with Gasteiger partial charge in [-0.05, 0) is 121 Å². The molecule has 0 amide bonds. The van der Waals surface area contributed by atoms with Gasteiger partial charge in [0.25, 0.3) is 0 Å². The predicted molar refractivity (Wildman–Crippen MR) is 237 cm³/mol. The van der Waals surface area contributed by atoms with Gasteiger partial charge in [-0.25, -0.2) is 0 Å². The van der Waals surface area contributed by atoms with Crippen LogP contribution in [0, 0.1) is 0 Å². The van der Waals surface area contributed by atoms with E-state index < -0.39 is 8.07 Å². The van der Waals surface area contributed by atoms with Crippen molar-refractivity contribution in [2.24, 2.45) is 0 Å². The molecule has 0 saturated carbocycles. The molecule has 2 aliphatic rings. The molecule has 10 aromatic carbocycles. The van der Waals surface area contributed by atoms with Crippen molar-refractivity contribution in [3.05, 3.63) is 206 Å². The third kappa shape index (κ3) is 4.22. The molecule has 254 valence electrons. The number of fused-ring (bicyclic) bond motifs is 13. The largest absolute Gasteiger partial charge is 0.182 e. The van der Waals surface area contributed by atoms with Crippen LogP contribution in [0.2, 0.25) is 0 Å². The molecule has 0 bridgehead atoms. The van der Waals surface area contributed by atoms with Crippen molar-refractivity contribution in [1.29, 1.82) is 0 Å². The van der Waals surface area contributed by atoms with E-state index >= 15 is 0 Å². The van der Waals surface area contributed by atoms with Gasteiger partial charge in [-0.3, -0.25) is 0 Å². The zero-order chi connectivity index (χ0) is 36.1. The fraction of sp³-hybridized carbons (Fsp3) is 0. The average Bonchev–Trinajstić information content (AvgIpc) is 3.72. The first-order valence-corrected chi connectivity index (χ1v) is 21.3. The van der Waals surface area contributed by atoms with E-state index in [1.165, 1.54) is 109 Å². The van der Waals surface area contributed by atoms with Gasteiger partial charge in [0, 0.05) is 0 Å². The van der Waals surface area contributed by atoms with Gasteiger partial charge in [-0.1, -0.05) is 194 Å². The molecule has 0 N–H and O–H groups in total. The van der Waals surface area contributed by atoms with E-state index in [0.29, 0.717) is 0 Å². The highest BCUT2D eigenvalue weighted by atomic mass is 28.3. The van der Waals surface area contributed by atoms with Crippen molar-refractivity contribution in [2.75, 3.05) is 0 Å². The summed E-state index contributed by atoms with van der Waals surface area (Å²) in [5.74, 6) is 0. The molecule has 0 fully saturated rings. The highest BCUT2D eigenvalue weighted by Gasteiger charge is 2.53. The van der Waals surface area contributed by atoms with Crippen LogP contribution in [0.1, 0.15) is 0 Å². The molecule has 0 aliphatic carbocycles. The van der Waals surface area contributed by atoms with Gasteiger partial charge in [0.05, 0.1) is 0 Å². The van der Waals surface area contributed by atoms with E-state index in [1.807, 2.05) is 0 Å². The summed E-state index contributed by atoms with van der Waals surface area (Å²) in [4.78, 5) is 0. The highest BCUT2D eigenvalue weighted by Crippen LogP contribution is 2.45. The van der Waals surface area contributed by atoms with Crippen LogP contribution in [0.25, 0.3) is 88.0 Å². The zero-order valence-corrected chi connectivity index (χ0v) is 31.1. The SMILES string of the molecule is c1cc(-c2ccc3ccccc3c2)cc(-c2c3ccccc3c(-c3ccc4c(c3)[Si]3(c5ccccc5-c5ccccc53)c3ccccc3-4)c3ccccc23)c1. The molecule has 12 rings (SSSR count). The fourth-order valence-electron chi connectivity index (χ4n) is 10.2. The molecule has 1 spiro atoms. The Bertz CT molecular complexity index is 3100. The van der Waals surface area contributed by atoms with Gasteiger partial charge in [-0.2, -0.15) is 0 Å². The maximum atomic E-state index is 2.59. The summed E-state index contributed by atoms with van der Waals surface area (Å²) >= 11 is 0. The summed E-state index contributed by atoms with van der Waals surface area (Å²) < 4.78 is 0. The summed E-state index contributed by atoms with van der Waals surface area (Å²) in [6, 6.07) is 77.8. The first-order chi connectivity index (χ1) is 27.3. The molecule has 0 saturated heterocycles. The quantitative estimate of drug-likeness (QED) is 0.126. The van der Waals surface area contributed by atoms with Crippen molar-refractivity contribution in [3.8, 4) is 55.6 Å². The van der Waals surface area contributed by atoms with Crippen LogP contribution in [-0.4, -0.2) is 8.07 Å². The standard InChI is InChI=1S/C54H34Si/c1-2-15-36-32-38(29-28-35(36)14-1)37-16-13-17-39(33-37)53-45-21-3-5-23-47(45)54(48-24-6-4-22-46(48)53)40-30-31-44-43-20-9-12-27-51(43)55(52(44)34-40)49-25-10-7-18-41(49)42-19-8-11-26-50(42)55/h1-34H. The topological polar surface area (TPSA) is 0 Å².